The van der Waals surface area contributed by atoms with E-state index in [9.17, 15) is 9.59 Å². The molecule has 0 aliphatic heterocycles. The molecule has 0 saturated carbocycles. The molecule has 9 heteroatoms. The third kappa shape index (κ3) is 4.87. The van der Waals surface area contributed by atoms with E-state index in [0.29, 0.717) is 27.1 Å². The monoisotopic (exact) mass is 449 g/mol. The molecule has 0 radical (unpaired) electrons. The molecule has 1 amide bonds. The van der Waals surface area contributed by atoms with E-state index in [-0.39, 0.29) is 23.6 Å². The fraction of sp³-hybridized carbons (Fsp3) is 0.143. The van der Waals surface area contributed by atoms with Crippen molar-refractivity contribution in [1.82, 2.24) is 0 Å². The van der Waals surface area contributed by atoms with Gasteiger partial charge in [-0.3, -0.25) is 4.79 Å². The van der Waals surface area contributed by atoms with Gasteiger partial charge in [-0.2, -0.15) is 0 Å². The first-order valence-corrected chi connectivity index (χ1v) is 9.40. The van der Waals surface area contributed by atoms with Crippen molar-refractivity contribution in [2.24, 2.45) is 0 Å². The Morgan fingerprint density at radius 2 is 1.73 bits per heavy atom. The third-order valence-electron chi connectivity index (χ3n) is 4.09. The van der Waals surface area contributed by atoms with Crippen LogP contribution in [-0.4, -0.2) is 26.1 Å². The fourth-order valence-corrected chi connectivity index (χ4v) is 2.92. The van der Waals surface area contributed by atoms with Crippen molar-refractivity contribution in [3.05, 3.63) is 75.7 Å². The summed E-state index contributed by atoms with van der Waals surface area (Å²) >= 11 is 11.9. The molecular formula is C21H17Cl2NO6. The summed E-state index contributed by atoms with van der Waals surface area (Å²) in [7, 11) is 2.88. The molecule has 0 bridgehead atoms. The fourth-order valence-electron chi connectivity index (χ4n) is 2.60. The number of benzene rings is 2. The van der Waals surface area contributed by atoms with Crippen LogP contribution in [0.15, 0.2) is 53.1 Å². The number of rotatable bonds is 7. The molecule has 7 nitrogen and oxygen atoms in total. The van der Waals surface area contributed by atoms with E-state index in [4.69, 9.17) is 41.8 Å². The van der Waals surface area contributed by atoms with Crippen LogP contribution in [0.3, 0.4) is 0 Å². The number of carbonyl (C=O) groups excluding carboxylic acids is 2. The minimum Gasteiger partial charge on any atom is -0.493 e. The van der Waals surface area contributed by atoms with Gasteiger partial charge in [-0.25, -0.2) is 4.79 Å². The van der Waals surface area contributed by atoms with Crippen LogP contribution >= 0.6 is 23.2 Å². The van der Waals surface area contributed by atoms with Crippen LogP contribution in [0.1, 0.15) is 26.5 Å². The molecule has 2 aromatic carbocycles. The van der Waals surface area contributed by atoms with Crippen molar-refractivity contribution in [3.63, 3.8) is 0 Å². The number of esters is 1. The summed E-state index contributed by atoms with van der Waals surface area (Å²) in [4.78, 5) is 25.2. The minimum absolute atomic E-state index is 0.0460. The Morgan fingerprint density at radius 1 is 1.00 bits per heavy atom. The van der Waals surface area contributed by atoms with E-state index in [0.717, 1.165) is 0 Å². The second-order valence-electron chi connectivity index (χ2n) is 6.01. The van der Waals surface area contributed by atoms with E-state index >= 15 is 0 Å². The summed E-state index contributed by atoms with van der Waals surface area (Å²) in [5, 5.41) is 3.37. The van der Waals surface area contributed by atoms with Crippen LogP contribution < -0.4 is 14.8 Å². The van der Waals surface area contributed by atoms with Crippen LogP contribution in [0.25, 0.3) is 0 Å². The SMILES string of the molecule is COc1cc(NC(=O)c2ccco2)c(C(=O)OCc2ccc(Cl)c(Cl)c2)cc1OC. The lowest BCUT2D eigenvalue weighted by atomic mass is 10.1. The Balaban J connectivity index is 1.87. The Morgan fingerprint density at radius 3 is 2.37 bits per heavy atom. The van der Waals surface area contributed by atoms with Crippen LogP contribution in [0.5, 0.6) is 11.5 Å². The largest absolute Gasteiger partial charge is 0.493 e. The highest BCUT2D eigenvalue weighted by Gasteiger charge is 2.21. The predicted molar refractivity (Wildman–Crippen MR) is 112 cm³/mol. The van der Waals surface area contributed by atoms with E-state index in [2.05, 4.69) is 5.32 Å². The zero-order valence-corrected chi connectivity index (χ0v) is 17.5. The number of nitrogens with one attached hydrogen (secondary N) is 1. The number of hydrogen-bond donors (Lipinski definition) is 1. The topological polar surface area (TPSA) is 87.0 Å². The number of methoxy groups -OCH3 is 2. The van der Waals surface area contributed by atoms with Crippen LogP contribution in [0.2, 0.25) is 10.0 Å². The smallest absolute Gasteiger partial charge is 0.340 e. The summed E-state index contributed by atoms with van der Waals surface area (Å²) < 4.78 is 21.0. The number of hydrogen-bond acceptors (Lipinski definition) is 6. The summed E-state index contributed by atoms with van der Waals surface area (Å²) in [5.41, 5.74) is 0.903. The highest BCUT2D eigenvalue weighted by molar-refractivity contribution is 6.42. The lowest BCUT2D eigenvalue weighted by Gasteiger charge is -2.15. The average molecular weight is 450 g/mol. The van der Waals surface area contributed by atoms with Crippen molar-refractivity contribution in [2.75, 3.05) is 19.5 Å². The van der Waals surface area contributed by atoms with Crippen molar-refractivity contribution < 1.29 is 28.2 Å². The maximum absolute atomic E-state index is 12.8. The quantitative estimate of drug-likeness (QED) is 0.497. The lowest BCUT2D eigenvalue weighted by Crippen LogP contribution is -2.16. The minimum atomic E-state index is -0.684. The molecule has 1 heterocycles. The second kappa shape index (κ2) is 9.56. The standard InChI is InChI=1S/C21H17Cl2NO6/c1-27-18-9-13(21(26)30-11-12-5-6-14(22)15(23)8-12)16(10-19(18)28-2)24-20(25)17-4-3-7-29-17/h3-10H,11H2,1-2H3,(H,24,25). The predicted octanol–water partition coefficient (Wildman–Crippen LogP) is 5.21. The molecular weight excluding hydrogens is 433 g/mol. The second-order valence-corrected chi connectivity index (χ2v) is 6.82. The number of furan rings is 1. The van der Waals surface area contributed by atoms with Gasteiger partial charge in [0.2, 0.25) is 0 Å². The van der Waals surface area contributed by atoms with Gasteiger partial charge in [0.15, 0.2) is 17.3 Å². The number of halogens is 2. The molecule has 0 atom stereocenters. The number of amides is 1. The molecule has 1 aromatic heterocycles. The van der Waals surface area contributed by atoms with Gasteiger partial charge >= 0.3 is 5.97 Å². The first-order valence-electron chi connectivity index (χ1n) is 8.65. The first-order chi connectivity index (χ1) is 14.4. The van der Waals surface area contributed by atoms with Crippen LogP contribution in [0.4, 0.5) is 5.69 Å². The normalized spacial score (nSPS) is 10.4. The molecule has 156 valence electrons. The molecule has 0 fully saturated rings. The van der Waals surface area contributed by atoms with Gasteiger partial charge in [-0.05, 0) is 29.8 Å². The first kappa shape index (κ1) is 21.5. The molecule has 30 heavy (non-hydrogen) atoms. The van der Waals surface area contributed by atoms with E-state index in [1.807, 2.05) is 0 Å². The van der Waals surface area contributed by atoms with Crippen molar-refractivity contribution in [1.29, 1.82) is 0 Å². The van der Waals surface area contributed by atoms with Crippen molar-refractivity contribution in [2.45, 2.75) is 6.61 Å². The average Bonchev–Trinajstić information content (AvgIpc) is 3.29. The van der Waals surface area contributed by atoms with Gasteiger partial charge in [0.1, 0.15) is 6.61 Å². The lowest BCUT2D eigenvalue weighted by molar-refractivity contribution is 0.0473. The number of anilines is 1. The molecule has 0 aliphatic carbocycles. The Hall–Kier alpha value is -3.16. The summed E-state index contributed by atoms with van der Waals surface area (Å²) in [6.45, 7) is -0.0460. The zero-order valence-electron chi connectivity index (χ0n) is 16.0. The van der Waals surface area contributed by atoms with E-state index in [1.165, 1.54) is 38.7 Å². The highest BCUT2D eigenvalue weighted by Crippen LogP contribution is 2.34. The highest BCUT2D eigenvalue weighted by atomic mass is 35.5. The van der Waals surface area contributed by atoms with Gasteiger partial charge in [0.25, 0.3) is 5.91 Å². The third-order valence-corrected chi connectivity index (χ3v) is 4.83. The van der Waals surface area contributed by atoms with Gasteiger partial charge in [-0.1, -0.05) is 29.3 Å². The Bertz CT molecular complexity index is 1070. The maximum atomic E-state index is 12.8. The molecule has 1 N–H and O–H groups in total. The molecule has 3 aromatic rings. The summed E-state index contributed by atoms with van der Waals surface area (Å²) in [6, 6.07) is 10.9. The Kier molecular flexibility index (Phi) is 6.87. The molecule has 0 aliphatic rings. The summed E-state index contributed by atoms with van der Waals surface area (Å²) in [6.07, 6.45) is 1.37. The molecule has 3 rings (SSSR count). The number of carbonyl (C=O) groups is 2. The number of ether oxygens (including phenoxy) is 3. The van der Waals surface area contributed by atoms with Crippen molar-refractivity contribution >= 4 is 40.8 Å². The molecule has 0 unspecified atom stereocenters. The van der Waals surface area contributed by atoms with E-state index < -0.39 is 11.9 Å². The van der Waals surface area contributed by atoms with Crippen LogP contribution in [-0.2, 0) is 11.3 Å². The molecule has 0 spiro atoms. The van der Waals surface area contributed by atoms with E-state index in [1.54, 1.807) is 24.3 Å². The van der Waals surface area contributed by atoms with Gasteiger partial charge in [0, 0.05) is 12.1 Å². The summed E-state index contributed by atoms with van der Waals surface area (Å²) in [5.74, 6) is -0.509. The van der Waals surface area contributed by atoms with Crippen molar-refractivity contribution in [3.8, 4) is 11.5 Å². The van der Waals surface area contributed by atoms with Gasteiger partial charge < -0.3 is 23.9 Å². The zero-order chi connectivity index (χ0) is 21.7. The van der Waals surface area contributed by atoms with Crippen LogP contribution in [0, 0.1) is 0 Å². The molecule has 0 saturated heterocycles. The maximum Gasteiger partial charge on any atom is 0.340 e. The van der Waals surface area contributed by atoms with Gasteiger partial charge in [0.05, 0.1) is 41.8 Å². The Labute approximate surface area is 182 Å². The van der Waals surface area contributed by atoms with Gasteiger partial charge in [-0.15, -0.1) is 0 Å².